The Morgan fingerprint density at radius 2 is 2.19 bits per heavy atom. The molecule has 0 aliphatic carbocycles. The zero-order valence-electron chi connectivity index (χ0n) is 10.1. The van der Waals surface area contributed by atoms with Crippen LogP contribution in [0.15, 0.2) is 6.07 Å². The Morgan fingerprint density at radius 1 is 1.44 bits per heavy atom. The highest BCUT2D eigenvalue weighted by Crippen LogP contribution is 2.38. The van der Waals surface area contributed by atoms with Gasteiger partial charge in [-0.15, -0.1) is 0 Å². The molecule has 0 aromatic heterocycles. The van der Waals surface area contributed by atoms with Crippen molar-refractivity contribution in [3.8, 4) is 5.75 Å². The lowest BCUT2D eigenvalue weighted by molar-refractivity contribution is 0.403. The Kier molecular flexibility index (Phi) is 3.41. The van der Waals surface area contributed by atoms with Crippen LogP contribution in [0, 0.1) is 13.8 Å². The third kappa shape index (κ3) is 1.92. The zero-order valence-corrected chi connectivity index (χ0v) is 10.8. The van der Waals surface area contributed by atoms with Crippen molar-refractivity contribution in [2.24, 2.45) is 0 Å². The lowest BCUT2D eigenvalue weighted by atomic mass is 9.93. The predicted octanol–water partition coefficient (Wildman–Crippen LogP) is 3.04. The van der Waals surface area contributed by atoms with E-state index in [-0.39, 0.29) is 0 Å². The second-order valence-corrected chi connectivity index (χ2v) is 4.82. The van der Waals surface area contributed by atoms with Gasteiger partial charge in [-0.1, -0.05) is 17.7 Å². The molecule has 16 heavy (non-hydrogen) atoms. The van der Waals surface area contributed by atoms with Crippen molar-refractivity contribution >= 4 is 11.6 Å². The van der Waals surface area contributed by atoms with E-state index >= 15 is 0 Å². The maximum atomic E-state index is 6.24. The van der Waals surface area contributed by atoms with Gasteiger partial charge in [0.2, 0.25) is 0 Å². The minimum Gasteiger partial charge on any atom is -0.496 e. The molecule has 1 aromatic rings. The maximum absolute atomic E-state index is 6.24. The van der Waals surface area contributed by atoms with Crippen LogP contribution >= 0.6 is 11.6 Å². The Balaban J connectivity index is 2.50. The predicted molar refractivity (Wildman–Crippen MR) is 67.7 cm³/mol. The summed E-state index contributed by atoms with van der Waals surface area (Å²) < 4.78 is 5.51. The molecule has 1 atom stereocenters. The molecule has 2 nitrogen and oxygen atoms in total. The Morgan fingerprint density at radius 3 is 2.75 bits per heavy atom. The normalized spacial score (nSPS) is 20.1. The third-order valence-electron chi connectivity index (χ3n) is 3.35. The lowest BCUT2D eigenvalue weighted by Crippen LogP contribution is -2.09. The summed E-state index contributed by atoms with van der Waals surface area (Å²) in [5.41, 5.74) is 3.50. The number of halogens is 1. The van der Waals surface area contributed by atoms with Gasteiger partial charge >= 0.3 is 0 Å². The molecule has 1 aliphatic rings. The van der Waals surface area contributed by atoms with E-state index in [0.29, 0.717) is 5.92 Å². The summed E-state index contributed by atoms with van der Waals surface area (Å²) in [7, 11) is 1.72. The van der Waals surface area contributed by atoms with Crippen LogP contribution in [0.1, 0.15) is 29.0 Å². The second kappa shape index (κ2) is 4.64. The molecule has 1 aromatic carbocycles. The second-order valence-electron chi connectivity index (χ2n) is 4.44. The van der Waals surface area contributed by atoms with E-state index in [4.69, 9.17) is 16.3 Å². The van der Waals surface area contributed by atoms with E-state index in [1.807, 2.05) is 6.92 Å². The fraction of sp³-hybridized carbons (Fsp3) is 0.538. The number of ether oxygens (including phenoxy) is 1. The third-order valence-corrected chi connectivity index (χ3v) is 3.94. The van der Waals surface area contributed by atoms with Crippen LogP contribution in [-0.4, -0.2) is 20.2 Å². The summed E-state index contributed by atoms with van der Waals surface area (Å²) in [6.07, 6.45) is 1.18. The molecular formula is C13H18ClNO. The van der Waals surface area contributed by atoms with Crippen molar-refractivity contribution in [2.75, 3.05) is 20.2 Å². The first-order valence-corrected chi connectivity index (χ1v) is 6.07. The summed E-state index contributed by atoms with van der Waals surface area (Å²) in [6.45, 7) is 6.21. The van der Waals surface area contributed by atoms with E-state index in [2.05, 4.69) is 18.3 Å². The van der Waals surface area contributed by atoms with Crippen molar-refractivity contribution in [1.82, 2.24) is 5.32 Å². The number of benzene rings is 1. The topological polar surface area (TPSA) is 21.3 Å². The molecule has 1 heterocycles. The summed E-state index contributed by atoms with van der Waals surface area (Å²) >= 11 is 6.24. The molecule has 2 rings (SSSR count). The van der Waals surface area contributed by atoms with Crippen molar-refractivity contribution in [1.29, 1.82) is 0 Å². The molecule has 0 spiro atoms. The molecule has 0 saturated carbocycles. The van der Waals surface area contributed by atoms with Gasteiger partial charge in [-0.05, 0) is 37.9 Å². The van der Waals surface area contributed by atoms with Gasteiger partial charge in [0.05, 0.1) is 12.1 Å². The van der Waals surface area contributed by atoms with Crippen molar-refractivity contribution in [3.63, 3.8) is 0 Å². The quantitative estimate of drug-likeness (QED) is 0.857. The number of hydrogen-bond donors (Lipinski definition) is 1. The van der Waals surface area contributed by atoms with Crippen molar-refractivity contribution in [2.45, 2.75) is 26.2 Å². The maximum Gasteiger partial charge on any atom is 0.126 e. The Hall–Kier alpha value is -0.730. The molecule has 0 amide bonds. The van der Waals surface area contributed by atoms with Crippen LogP contribution in [0.5, 0.6) is 5.75 Å². The molecule has 1 saturated heterocycles. The van der Waals surface area contributed by atoms with Crippen LogP contribution in [0.2, 0.25) is 5.02 Å². The largest absolute Gasteiger partial charge is 0.496 e. The van der Waals surface area contributed by atoms with E-state index in [1.165, 1.54) is 12.0 Å². The van der Waals surface area contributed by atoms with E-state index in [9.17, 15) is 0 Å². The molecule has 0 bridgehead atoms. The van der Waals surface area contributed by atoms with E-state index in [0.717, 1.165) is 35.0 Å². The summed E-state index contributed by atoms with van der Waals surface area (Å²) in [5, 5.41) is 4.21. The van der Waals surface area contributed by atoms with Crippen LogP contribution in [0.4, 0.5) is 0 Å². The highest BCUT2D eigenvalue weighted by Gasteiger charge is 2.23. The summed E-state index contributed by atoms with van der Waals surface area (Å²) in [5.74, 6) is 1.52. The highest BCUT2D eigenvalue weighted by atomic mass is 35.5. The first kappa shape index (κ1) is 11.7. The molecule has 3 heteroatoms. The van der Waals surface area contributed by atoms with Gasteiger partial charge in [-0.2, -0.15) is 0 Å². The van der Waals surface area contributed by atoms with Gasteiger partial charge in [0.25, 0.3) is 0 Å². The summed E-state index contributed by atoms with van der Waals surface area (Å²) in [4.78, 5) is 0. The monoisotopic (exact) mass is 239 g/mol. The first-order chi connectivity index (χ1) is 7.65. The van der Waals surface area contributed by atoms with Crippen LogP contribution < -0.4 is 10.1 Å². The van der Waals surface area contributed by atoms with Gasteiger partial charge < -0.3 is 10.1 Å². The first-order valence-electron chi connectivity index (χ1n) is 5.69. The lowest BCUT2D eigenvalue weighted by Gasteiger charge is -2.18. The zero-order chi connectivity index (χ0) is 11.7. The Labute approximate surface area is 102 Å². The smallest absolute Gasteiger partial charge is 0.126 e. The molecular weight excluding hydrogens is 222 g/mol. The fourth-order valence-electron chi connectivity index (χ4n) is 2.47. The van der Waals surface area contributed by atoms with Crippen molar-refractivity contribution < 1.29 is 4.74 Å². The number of rotatable bonds is 2. The standard InChI is InChI=1S/C13H18ClNO/c1-8-6-11(10-4-5-15-7-10)13(16-3)9(2)12(8)14/h6,10,15H,4-5,7H2,1-3H3. The van der Waals surface area contributed by atoms with Gasteiger partial charge in [0, 0.05) is 18.0 Å². The van der Waals surface area contributed by atoms with E-state index in [1.54, 1.807) is 7.11 Å². The summed E-state index contributed by atoms with van der Waals surface area (Å²) in [6, 6.07) is 2.17. The SMILES string of the molecule is COc1c(C2CCNC2)cc(C)c(Cl)c1C. The minimum atomic E-state index is 0.560. The fourth-order valence-corrected chi connectivity index (χ4v) is 2.61. The number of methoxy groups -OCH3 is 1. The highest BCUT2D eigenvalue weighted by molar-refractivity contribution is 6.32. The molecule has 1 fully saturated rings. The Bertz CT molecular complexity index is 397. The number of nitrogens with one attached hydrogen (secondary N) is 1. The average Bonchev–Trinajstić information content (AvgIpc) is 2.79. The van der Waals surface area contributed by atoms with Crippen molar-refractivity contribution in [3.05, 3.63) is 27.8 Å². The van der Waals surface area contributed by atoms with Gasteiger partial charge in [-0.25, -0.2) is 0 Å². The van der Waals surface area contributed by atoms with Gasteiger partial charge in [0.1, 0.15) is 5.75 Å². The molecule has 0 radical (unpaired) electrons. The van der Waals surface area contributed by atoms with Gasteiger partial charge in [-0.3, -0.25) is 0 Å². The van der Waals surface area contributed by atoms with Gasteiger partial charge in [0.15, 0.2) is 0 Å². The van der Waals surface area contributed by atoms with Crippen LogP contribution in [-0.2, 0) is 0 Å². The molecule has 1 N–H and O–H groups in total. The molecule has 88 valence electrons. The number of aryl methyl sites for hydroxylation is 1. The average molecular weight is 240 g/mol. The van der Waals surface area contributed by atoms with E-state index < -0.39 is 0 Å². The molecule has 1 unspecified atom stereocenters. The van der Waals surface area contributed by atoms with Crippen LogP contribution in [0.3, 0.4) is 0 Å². The number of hydrogen-bond acceptors (Lipinski definition) is 2. The van der Waals surface area contributed by atoms with Crippen LogP contribution in [0.25, 0.3) is 0 Å². The minimum absolute atomic E-state index is 0.560. The molecule has 1 aliphatic heterocycles.